The lowest BCUT2D eigenvalue weighted by Crippen LogP contribution is -2.30. The standard InChI is InChI=1S/C25H31NO3S/c1-17(2)20-13-21-15-26(30(27,28)23-11-5-18(3)6-12-23)16-25(21)24(14-20)19-7-9-22(29-4)10-8-19/h5-13,17,21,24-25H,14-16H2,1-4H3/t21-,24+,25-/m0/s1. The molecule has 1 saturated heterocycles. The van der Waals surface area contributed by atoms with Crippen LogP contribution >= 0.6 is 0 Å². The maximum absolute atomic E-state index is 13.3. The molecule has 2 aliphatic rings. The summed E-state index contributed by atoms with van der Waals surface area (Å²) in [4.78, 5) is 0.390. The summed E-state index contributed by atoms with van der Waals surface area (Å²) in [7, 11) is -1.81. The van der Waals surface area contributed by atoms with Gasteiger partial charge in [-0.15, -0.1) is 0 Å². The number of rotatable bonds is 5. The van der Waals surface area contributed by atoms with Gasteiger partial charge in [-0.2, -0.15) is 4.31 Å². The van der Waals surface area contributed by atoms with Crippen LogP contribution in [0.4, 0.5) is 0 Å². The summed E-state index contributed by atoms with van der Waals surface area (Å²) in [5.74, 6) is 2.18. The first-order valence-electron chi connectivity index (χ1n) is 10.7. The van der Waals surface area contributed by atoms with E-state index in [1.165, 1.54) is 11.1 Å². The van der Waals surface area contributed by atoms with Crippen molar-refractivity contribution in [2.75, 3.05) is 20.2 Å². The SMILES string of the molecule is COc1ccc([C@H]2CC(C(C)C)=C[C@H]3CN(S(=O)(=O)c4ccc(C)cc4)C[C@H]23)cc1. The number of aryl methyl sites for hydroxylation is 1. The van der Waals surface area contributed by atoms with E-state index in [0.717, 1.165) is 17.7 Å². The second kappa shape index (κ2) is 8.20. The van der Waals surface area contributed by atoms with Gasteiger partial charge in [-0.1, -0.05) is 55.3 Å². The zero-order valence-electron chi connectivity index (χ0n) is 18.2. The van der Waals surface area contributed by atoms with E-state index < -0.39 is 10.0 Å². The first-order valence-corrected chi connectivity index (χ1v) is 12.1. The molecule has 30 heavy (non-hydrogen) atoms. The molecule has 1 heterocycles. The van der Waals surface area contributed by atoms with Gasteiger partial charge in [-0.25, -0.2) is 8.42 Å². The fourth-order valence-electron chi connectivity index (χ4n) is 4.87. The van der Waals surface area contributed by atoms with Crippen molar-refractivity contribution in [2.24, 2.45) is 17.8 Å². The normalized spacial score (nSPS) is 24.6. The Balaban J connectivity index is 1.66. The Labute approximate surface area is 180 Å². The van der Waals surface area contributed by atoms with Crippen LogP contribution in [-0.2, 0) is 10.0 Å². The third kappa shape index (κ3) is 3.93. The van der Waals surface area contributed by atoms with Gasteiger partial charge in [0.1, 0.15) is 5.75 Å². The fraction of sp³-hybridized carbons (Fsp3) is 0.440. The van der Waals surface area contributed by atoms with Crippen molar-refractivity contribution in [3.05, 3.63) is 71.3 Å². The molecule has 2 aromatic carbocycles. The third-order valence-electron chi connectivity index (χ3n) is 6.72. The van der Waals surface area contributed by atoms with E-state index in [1.54, 1.807) is 23.5 Å². The van der Waals surface area contributed by atoms with Crippen molar-refractivity contribution < 1.29 is 13.2 Å². The highest BCUT2D eigenvalue weighted by molar-refractivity contribution is 7.89. The number of benzene rings is 2. The summed E-state index contributed by atoms with van der Waals surface area (Å²) in [5.41, 5.74) is 3.77. The summed E-state index contributed by atoms with van der Waals surface area (Å²) >= 11 is 0. The van der Waals surface area contributed by atoms with Gasteiger partial charge in [-0.05, 0) is 66.8 Å². The van der Waals surface area contributed by atoms with Crippen LogP contribution in [0.15, 0.2) is 65.1 Å². The highest BCUT2D eigenvalue weighted by Crippen LogP contribution is 2.47. The minimum absolute atomic E-state index is 0.253. The van der Waals surface area contributed by atoms with E-state index in [-0.39, 0.29) is 5.92 Å². The Kier molecular flexibility index (Phi) is 5.78. The van der Waals surface area contributed by atoms with Crippen molar-refractivity contribution in [3.8, 4) is 5.75 Å². The van der Waals surface area contributed by atoms with E-state index in [0.29, 0.717) is 35.7 Å². The summed E-state index contributed by atoms with van der Waals surface area (Å²) in [6, 6.07) is 15.5. The van der Waals surface area contributed by atoms with Crippen LogP contribution in [0.5, 0.6) is 5.75 Å². The number of sulfonamides is 1. The lowest BCUT2D eigenvalue weighted by Gasteiger charge is -2.34. The van der Waals surface area contributed by atoms with Crippen LogP contribution in [0.1, 0.15) is 37.3 Å². The zero-order valence-corrected chi connectivity index (χ0v) is 19.0. The Hall–Kier alpha value is -2.11. The summed E-state index contributed by atoms with van der Waals surface area (Å²) in [5, 5.41) is 0. The monoisotopic (exact) mass is 425 g/mol. The van der Waals surface area contributed by atoms with E-state index >= 15 is 0 Å². The molecule has 0 unspecified atom stereocenters. The molecule has 1 fully saturated rings. The van der Waals surface area contributed by atoms with Crippen LogP contribution < -0.4 is 4.74 Å². The molecule has 4 rings (SSSR count). The Morgan fingerprint density at radius 1 is 1.00 bits per heavy atom. The molecule has 0 radical (unpaired) electrons. The largest absolute Gasteiger partial charge is 0.497 e. The van der Waals surface area contributed by atoms with Gasteiger partial charge in [0.05, 0.1) is 12.0 Å². The number of nitrogens with zero attached hydrogens (tertiary/aromatic N) is 1. The zero-order chi connectivity index (χ0) is 21.5. The molecule has 0 N–H and O–H groups in total. The van der Waals surface area contributed by atoms with E-state index in [9.17, 15) is 8.42 Å². The average molecular weight is 426 g/mol. The second-order valence-corrected chi connectivity index (χ2v) is 10.9. The molecule has 2 aromatic rings. The Morgan fingerprint density at radius 2 is 1.67 bits per heavy atom. The highest BCUT2D eigenvalue weighted by atomic mass is 32.2. The van der Waals surface area contributed by atoms with Crippen molar-refractivity contribution in [2.45, 2.75) is 38.0 Å². The number of ether oxygens (including phenoxy) is 1. The summed E-state index contributed by atoms with van der Waals surface area (Å²) < 4.78 is 33.7. The highest BCUT2D eigenvalue weighted by Gasteiger charge is 2.44. The van der Waals surface area contributed by atoms with Gasteiger partial charge < -0.3 is 4.74 Å². The molecule has 0 bridgehead atoms. The minimum Gasteiger partial charge on any atom is -0.497 e. The Bertz CT molecular complexity index is 1020. The molecule has 0 saturated carbocycles. The lowest BCUT2D eigenvalue weighted by molar-refractivity contribution is 0.355. The molecule has 4 nitrogen and oxygen atoms in total. The van der Waals surface area contributed by atoms with Crippen LogP contribution in [0, 0.1) is 24.7 Å². The van der Waals surface area contributed by atoms with Gasteiger partial charge in [-0.3, -0.25) is 0 Å². The van der Waals surface area contributed by atoms with Crippen LogP contribution in [-0.4, -0.2) is 32.9 Å². The minimum atomic E-state index is -3.48. The Morgan fingerprint density at radius 3 is 2.27 bits per heavy atom. The average Bonchev–Trinajstić information content (AvgIpc) is 3.18. The van der Waals surface area contributed by atoms with Crippen molar-refractivity contribution in [1.82, 2.24) is 4.31 Å². The van der Waals surface area contributed by atoms with Crippen molar-refractivity contribution in [3.63, 3.8) is 0 Å². The number of hydrogen-bond donors (Lipinski definition) is 0. The molecule has 1 aliphatic heterocycles. The van der Waals surface area contributed by atoms with Crippen molar-refractivity contribution in [1.29, 1.82) is 0 Å². The molecular formula is C25H31NO3S. The number of fused-ring (bicyclic) bond motifs is 1. The van der Waals surface area contributed by atoms with Crippen LogP contribution in [0.3, 0.4) is 0 Å². The smallest absolute Gasteiger partial charge is 0.243 e. The predicted molar refractivity (Wildman–Crippen MR) is 120 cm³/mol. The number of methoxy groups -OCH3 is 1. The molecule has 160 valence electrons. The number of hydrogen-bond acceptors (Lipinski definition) is 3. The van der Waals surface area contributed by atoms with Crippen LogP contribution in [0.2, 0.25) is 0 Å². The second-order valence-electron chi connectivity index (χ2n) is 8.94. The topological polar surface area (TPSA) is 46.6 Å². The molecule has 0 spiro atoms. The first-order chi connectivity index (χ1) is 14.3. The molecule has 3 atom stereocenters. The van der Waals surface area contributed by atoms with Crippen LogP contribution in [0.25, 0.3) is 0 Å². The summed E-state index contributed by atoms with van der Waals surface area (Å²) in [6.45, 7) is 7.56. The molecule has 0 aromatic heterocycles. The third-order valence-corrected chi connectivity index (χ3v) is 8.57. The molecule has 0 amide bonds. The summed E-state index contributed by atoms with van der Waals surface area (Å²) in [6.07, 6.45) is 3.35. The predicted octanol–water partition coefficient (Wildman–Crippen LogP) is 5.01. The first kappa shape index (κ1) is 21.1. The van der Waals surface area contributed by atoms with E-state index in [4.69, 9.17) is 4.74 Å². The van der Waals surface area contributed by atoms with Gasteiger partial charge in [0.15, 0.2) is 0 Å². The lowest BCUT2D eigenvalue weighted by atomic mass is 9.70. The molecular weight excluding hydrogens is 394 g/mol. The molecule has 1 aliphatic carbocycles. The fourth-order valence-corrected chi connectivity index (χ4v) is 6.38. The maximum atomic E-state index is 13.3. The van der Waals surface area contributed by atoms with Gasteiger partial charge in [0, 0.05) is 13.1 Å². The molecule has 5 heteroatoms. The van der Waals surface area contributed by atoms with Crippen molar-refractivity contribution >= 4 is 10.0 Å². The van der Waals surface area contributed by atoms with Gasteiger partial charge >= 0.3 is 0 Å². The maximum Gasteiger partial charge on any atom is 0.243 e. The van der Waals surface area contributed by atoms with Gasteiger partial charge in [0.2, 0.25) is 10.0 Å². The van der Waals surface area contributed by atoms with E-state index in [2.05, 4.69) is 32.1 Å². The van der Waals surface area contributed by atoms with E-state index in [1.807, 2.05) is 31.2 Å². The van der Waals surface area contributed by atoms with Gasteiger partial charge in [0.25, 0.3) is 0 Å². The number of allylic oxidation sites excluding steroid dienone is 1. The quantitative estimate of drug-likeness (QED) is 0.633.